The Bertz CT molecular complexity index is 1530. The maximum absolute atomic E-state index is 13.3. The number of anilines is 1. The number of aromatic nitrogens is 2. The van der Waals surface area contributed by atoms with Gasteiger partial charge in [0.2, 0.25) is 10.0 Å². The van der Waals surface area contributed by atoms with Crippen LogP contribution in [0.5, 0.6) is 0 Å². The molecule has 226 valence electrons. The number of halogens is 3. The van der Waals surface area contributed by atoms with Crippen molar-refractivity contribution in [1.29, 1.82) is 0 Å². The number of fused-ring (bicyclic) bond motifs is 1. The zero-order valence-corrected chi connectivity index (χ0v) is 25.1. The van der Waals surface area contributed by atoms with Crippen molar-refractivity contribution in [3.05, 3.63) is 58.7 Å². The van der Waals surface area contributed by atoms with Crippen molar-refractivity contribution in [3.8, 4) is 10.6 Å². The van der Waals surface area contributed by atoms with Crippen molar-refractivity contribution < 1.29 is 31.1 Å². The molecule has 0 unspecified atom stereocenters. The van der Waals surface area contributed by atoms with Crippen molar-refractivity contribution in [1.82, 2.24) is 19.2 Å². The number of hydrogen-bond acceptors (Lipinski definition) is 8. The molecule has 14 heteroatoms. The van der Waals surface area contributed by atoms with Gasteiger partial charge in [-0.2, -0.15) is 17.5 Å². The SMILES string of the molecule is CC(C)(C)OC(=O)N1CCc2nc(-c3ccc(S(=O)(=O)N4CCC(Nc5ccc(C(F)(F)F)cn5)CC4)cc3)sc2C1. The summed E-state index contributed by atoms with van der Waals surface area (Å²) in [5, 5.41) is 3.86. The zero-order chi connectivity index (χ0) is 30.3. The third kappa shape index (κ3) is 6.87. The largest absolute Gasteiger partial charge is 0.444 e. The van der Waals surface area contributed by atoms with Crippen LogP contribution in [0.4, 0.5) is 23.8 Å². The fourth-order valence-corrected chi connectivity index (χ4v) is 7.42. The molecule has 3 aromatic rings. The van der Waals surface area contributed by atoms with E-state index in [4.69, 9.17) is 9.72 Å². The van der Waals surface area contributed by atoms with Gasteiger partial charge in [0.05, 0.1) is 22.7 Å². The summed E-state index contributed by atoms with van der Waals surface area (Å²) in [6.45, 7) is 6.99. The molecule has 0 saturated carbocycles. The summed E-state index contributed by atoms with van der Waals surface area (Å²) in [4.78, 5) is 23.9. The van der Waals surface area contributed by atoms with Gasteiger partial charge in [-0.15, -0.1) is 11.3 Å². The number of nitrogens with one attached hydrogen (secondary N) is 1. The molecule has 0 bridgehead atoms. The molecule has 42 heavy (non-hydrogen) atoms. The van der Waals surface area contributed by atoms with Gasteiger partial charge in [-0.3, -0.25) is 0 Å². The van der Waals surface area contributed by atoms with Gasteiger partial charge >= 0.3 is 12.3 Å². The van der Waals surface area contributed by atoms with Crippen LogP contribution in [0.1, 0.15) is 49.7 Å². The Morgan fingerprint density at radius 1 is 1.05 bits per heavy atom. The molecular weight excluding hydrogens is 591 g/mol. The summed E-state index contributed by atoms with van der Waals surface area (Å²) < 4.78 is 71.9. The van der Waals surface area contributed by atoms with E-state index in [-0.39, 0.29) is 30.1 Å². The molecule has 1 fully saturated rings. The molecule has 2 aromatic heterocycles. The maximum atomic E-state index is 13.3. The molecule has 1 aromatic carbocycles. The van der Waals surface area contributed by atoms with E-state index >= 15 is 0 Å². The number of benzene rings is 1. The first-order valence-electron chi connectivity index (χ1n) is 13.6. The van der Waals surface area contributed by atoms with E-state index in [1.165, 1.54) is 21.7 Å². The molecule has 5 rings (SSSR count). The number of nitrogens with zero attached hydrogens (tertiary/aromatic N) is 4. The molecule has 1 N–H and O–H groups in total. The van der Waals surface area contributed by atoms with Gasteiger partial charge in [-0.05, 0) is 57.9 Å². The number of piperidine rings is 1. The van der Waals surface area contributed by atoms with E-state index < -0.39 is 27.4 Å². The summed E-state index contributed by atoms with van der Waals surface area (Å²) in [5.74, 6) is 0.321. The van der Waals surface area contributed by atoms with Crippen LogP contribution in [0, 0.1) is 0 Å². The Kier molecular flexibility index (Phi) is 8.25. The Hall–Kier alpha value is -3.23. The second-order valence-electron chi connectivity index (χ2n) is 11.3. The van der Waals surface area contributed by atoms with E-state index in [0.717, 1.165) is 33.4 Å². The molecule has 2 aliphatic rings. The van der Waals surface area contributed by atoms with Gasteiger partial charge in [-0.1, -0.05) is 12.1 Å². The van der Waals surface area contributed by atoms with Crippen LogP contribution in [0.2, 0.25) is 0 Å². The van der Waals surface area contributed by atoms with E-state index in [1.807, 2.05) is 20.8 Å². The normalized spacial score (nSPS) is 17.1. The first kappa shape index (κ1) is 30.2. The molecule has 1 amide bonds. The lowest BCUT2D eigenvalue weighted by molar-refractivity contribution is -0.137. The predicted molar refractivity (Wildman–Crippen MR) is 153 cm³/mol. The van der Waals surface area contributed by atoms with Crippen molar-refractivity contribution in [2.45, 2.75) is 69.3 Å². The predicted octanol–water partition coefficient (Wildman–Crippen LogP) is 5.78. The quantitative estimate of drug-likeness (QED) is 0.384. The zero-order valence-electron chi connectivity index (χ0n) is 23.4. The van der Waals surface area contributed by atoms with Crippen LogP contribution in [-0.4, -0.2) is 65.0 Å². The molecular formula is C28H32F3N5O4S2. The average Bonchev–Trinajstić information content (AvgIpc) is 3.36. The van der Waals surface area contributed by atoms with Crippen molar-refractivity contribution in [2.75, 3.05) is 25.0 Å². The average molecular weight is 624 g/mol. The van der Waals surface area contributed by atoms with E-state index in [0.29, 0.717) is 38.2 Å². The van der Waals surface area contributed by atoms with Crippen LogP contribution in [0.15, 0.2) is 47.5 Å². The highest BCUT2D eigenvalue weighted by Gasteiger charge is 2.32. The number of carbonyl (C=O) groups is 1. The van der Waals surface area contributed by atoms with Crippen LogP contribution >= 0.6 is 11.3 Å². The van der Waals surface area contributed by atoms with Crippen LogP contribution in [0.3, 0.4) is 0 Å². The molecule has 0 radical (unpaired) electrons. The maximum Gasteiger partial charge on any atom is 0.417 e. The molecule has 0 spiro atoms. The number of rotatable bonds is 5. The molecule has 1 saturated heterocycles. The third-order valence-corrected chi connectivity index (χ3v) is 10.1. The molecule has 4 heterocycles. The number of pyridine rings is 1. The Morgan fingerprint density at radius 3 is 2.33 bits per heavy atom. The van der Waals surface area contributed by atoms with Crippen molar-refractivity contribution in [3.63, 3.8) is 0 Å². The fraction of sp³-hybridized carbons (Fsp3) is 0.464. The number of amides is 1. The minimum absolute atomic E-state index is 0.106. The Labute approximate surface area is 246 Å². The lowest BCUT2D eigenvalue weighted by Gasteiger charge is -2.32. The van der Waals surface area contributed by atoms with Gasteiger partial charge in [0.25, 0.3) is 0 Å². The van der Waals surface area contributed by atoms with Gasteiger partial charge in [0.15, 0.2) is 0 Å². The minimum atomic E-state index is -4.45. The number of carbonyl (C=O) groups excluding carboxylic acids is 1. The lowest BCUT2D eigenvalue weighted by Crippen LogP contribution is -2.42. The minimum Gasteiger partial charge on any atom is -0.444 e. The van der Waals surface area contributed by atoms with Crippen LogP contribution < -0.4 is 5.32 Å². The summed E-state index contributed by atoms with van der Waals surface area (Å²) >= 11 is 1.48. The number of ether oxygens (including phenoxy) is 1. The second kappa shape index (κ2) is 11.5. The van der Waals surface area contributed by atoms with Crippen LogP contribution in [0.25, 0.3) is 10.6 Å². The highest BCUT2D eigenvalue weighted by atomic mass is 32.2. The Morgan fingerprint density at radius 2 is 1.74 bits per heavy atom. The van der Waals surface area contributed by atoms with E-state index in [1.54, 1.807) is 29.2 Å². The van der Waals surface area contributed by atoms with Crippen molar-refractivity contribution >= 4 is 33.3 Å². The summed E-state index contributed by atoms with van der Waals surface area (Å²) in [5.41, 5.74) is 0.343. The third-order valence-electron chi connectivity index (χ3n) is 7.02. The fourth-order valence-electron chi connectivity index (χ4n) is 4.82. The lowest BCUT2D eigenvalue weighted by atomic mass is 10.1. The smallest absolute Gasteiger partial charge is 0.417 e. The highest BCUT2D eigenvalue weighted by molar-refractivity contribution is 7.89. The number of alkyl halides is 3. The monoisotopic (exact) mass is 623 g/mol. The summed E-state index contributed by atoms with van der Waals surface area (Å²) in [6.07, 6.45) is -2.42. The highest BCUT2D eigenvalue weighted by Crippen LogP contribution is 2.33. The van der Waals surface area contributed by atoms with Crippen LogP contribution in [-0.2, 0) is 33.9 Å². The van der Waals surface area contributed by atoms with E-state index in [2.05, 4.69) is 10.3 Å². The summed E-state index contributed by atoms with van der Waals surface area (Å²) in [6, 6.07) is 8.79. The number of thiazole rings is 1. The molecule has 9 nitrogen and oxygen atoms in total. The van der Waals surface area contributed by atoms with Gasteiger partial charge in [-0.25, -0.2) is 23.2 Å². The second-order valence-corrected chi connectivity index (χ2v) is 14.3. The van der Waals surface area contributed by atoms with Gasteiger partial charge in [0, 0.05) is 48.7 Å². The first-order chi connectivity index (χ1) is 19.7. The molecule has 0 aliphatic carbocycles. The van der Waals surface area contributed by atoms with Gasteiger partial charge < -0.3 is 15.0 Å². The first-order valence-corrected chi connectivity index (χ1v) is 15.8. The molecule has 2 aliphatic heterocycles. The summed E-state index contributed by atoms with van der Waals surface area (Å²) in [7, 11) is -3.72. The number of hydrogen-bond donors (Lipinski definition) is 1. The number of sulfonamides is 1. The van der Waals surface area contributed by atoms with Gasteiger partial charge in [0.1, 0.15) is 16.4 Å². The van der Waals surface area contributed by atoms with Crippen molar-refractivity contribution in [2.24, 2.45) is 0 Å². The topological polar surface area (TPSA) is 105 Å². The van der Waals surface area contributed by atoms with E-state index in [9.17, 15) is 26.4 Å². The Balaban J connectivity index is 1.18. The molecule has 0 atom stereocenters. The standard InChI is InChI=1S/C28H32F3N5O4S2/c1-27(2,3)40-26(37)35-13-12-22-23(17-35)41-25(34-22)18-4-7-21(8-5-18)42(38,39)36-14-10-20(11-15-36)33-24-9-6-19(16-32-24)28(29,30)31/h4-9,16,20H,10-15,17H2,1-3H3,(H,32,33).